The molecule has 0 heterocycles. The minimum atomic E-state index is -1.02. The van der Waals surface area contributed by atoms with E-state index in [1.807, 2.05) is 6.92 Å². The second kappa shape index (κ2) is 4.49. The Morgan fingerprint density at radius 3 is 2.94 bits per heavy atom. The Morgan fingerprint density at radius 1 is 1.61 bits per heavy atom. The van der Waals surface area contributed by atoms with Crippen molar-refractivity contribution in [2.45, 2.75) is 24.8 Å². The van der Waals surface area contributed by atoms with E-state index in [0.29, 0.717) is 24.3 Å². The first-order valence-electron chi connectivity index (χ1n) is 5.86. The van der Waals surface area contributed by atoms with Crippen molar-refractivity contribution in [2.75, 3.05) is 13.7 Å². The van der Waals surface area contributed by atoms with Crippen LogP contribution in [-0.2, 0) is 9.53 Å². The smallest absolute Gasteiger partial charge is 0.326 e. The third-order valence-electron chi connectivity index (χ3n) is 3.27. The summed E-state index contributed by atoms with van der Waals surface area (Å²) in [5.74, 6) is -0.200. The van der Waals surface area contributed by atoms with Crippen LogP contribution < -0.4 is 10.5 Å². The molecule has 3 N–H and O–H groups in total. The van der Waals surface area contributed by atoms with E-state index >= 15 is 0 Å². The molecule has 98 valence electrons. The van der Waals surface area contributed by atoms with Crippen molar-refractivity contribution in [3.63, 3.8) is 0 Å². The summed E-state index contributed by atoms with van der Waals surface area (Å²) >= 11 is 0. The van der Waals surface area contributed by atoms with Crippen LogP contribution in [0.2, 0.25) is 0 Å². The number of carbonyl (C=O) groups excluding carboxylic acids is 1. The van der Waals surface area contributed by atoms with Gasteiger partial charge in [0, 0.05) is 11.5 Å². The van der Waals surface area contributed by atoms with Gasteiger partial charge in [-0.15, -0.1) is 0 Å². The molecule has 2 rings (SSSR count). The first-order valence-corrected chi connectivity index (χ1v) is 5.86. The van der Waals surface area contributed by atoms with Crippen LogP contribution in [0.3, 0.4) is 0 Å². The first kappa shape index (κ1) is 12.7. The van der Waals surface area contributed by atoms with Crippen molar-refractivity contribution < 1.29 is 19.4 Å². The molecular formula is C13H17NO4. The molecule has 0 saturated heterocycles. The molecule has 18 heavy (non-hydrogen) atoms. The molecule has 0 aromatic heterocycles. The summed E-state index contributed by atoms with van der Waals surface area (Å²) in [7, 11) is 1.31. The molecule has 1 aliphatic rings. The Kier molecular flexibility index (Phi) is 3.17. The molecule has 1 aromatic rings. The second-order valence-electron chi connectivity index (χ2n) is 4.42. The number of esters is 1. The molecule has 5 nitrogen and oxygen atoms in total. The Balaban J connectivity index is 2.27. The number of para-hydroxylation sites is 1. The SMILES string of the molecule is CCOc1cccc(C2CC2(N)C(=O)OC)c1O. The predicted octanol–water partition coefficient (Wildman–Crippen LogP) is 1.15. The number of benzene rings is 1. The highest BCUT2D eigenvalue weighted by Gasteiger charge is 2.59. The van der Waals surface area contributed by atoms with E-state index in [1.165, 1.54) is 7.11 Å². The lowest BCUT2D eigenvalue weighted by atomic mass is 10.0. The van der Waals surface area contributed by atoms with E-state index < -0.39 is 11.5 Å². The van der Waals surface area contributed by atoms with Gasteiger partial charge in [-0.25, -0.2) is 0 Å². The van der Waals surface area contributed by atoms with Gasteiger partial charge in [0.15, 0.2) is 11.5 Å². The minimum Gasteiger partial charge on any atom is -0.504 e. The fraction of sp³-hybridized carbons (Fsp3) is 0.462. The molecule has 0 bridgehead atoms. The highest BCUT2D eigenvalue weighted by Crippen LogP contribution is 2.53. The lowest BCUT2D eigenvalue weighted by Crippen LogP contribution is -2.35. The minimum absolute atomic E-state index is 0.0561. The zero-order valence-corrected chi connectivity index (χ0v) is 10.5. The number of phenols is 1. The number of methoxy groups -OCH3 is 1. The number of phenolic OH excluding ortho intramolecular Hbond substituents is 1. The van der Waals surface area contributed by atoms with Gasteiger partial charge in [0.1, 0.15) is 5.54 Å². The normalized spacial score (nSPS) is 25.6. The standard InChI is InChI=1S/C13H17NO4/c1-3-18-10-6-4-5-8(11(10)15)9-7-13(9,14)12(16)17-2/h4-6,9,15H,3,7,14H2,1-2H3. The van der Waals surface area contributed by atoms with Gasteiger partial charge in [-0.1, -0.05) is 12.1 Å². The van der Waals surface area contributed by atoms with Crippen molar-refractivity contribution in [2.24, 2.45) is 5.73 Å². The molecule has 0 aliphatic heterocycles. The molecule has 0 spiro atoms. The van der Waals surface area contributed by atoms with Crippen molar-refractivity contribution >= 4 is 5.97 Å². The van der Waals surface area contributed by atoms with E-state index in [-0.39, 0.29) is 11.7 Å². The molecule has 5 heteroatoms. The third-order valence-corrected chi connectivity index (χ3v) is 3.27. The quantitative estimate of drug-likeness (QED) is 0.784. The van der Waals surface area contributed by atoms with Crippen LogP contribution in [0.15, 0.2) is 18.2 Å². The molecule has 0 radical (unpaired) electrons. The van der Waals surface area contributed by atoms with Gasteiger partial charge in [0.25, 0.3) is 0 Å². The molecule has 2 unspecified atom stereocenters. The molecule has 0 amide bonds. The Bertz CT molecular complexity index is 474. The van der Waals surface area contributed by atoms with Crippen LogP contribution in [0.25, 0.3) is 0 Å². The van der Waals surface area contributed by atoms with E-state index in [4.69, 9.17) is 10.5 Å². The summed E-state index contributed by atoms with van der Waals surface area (Å²) in [5, 5.41) is 10.1. The van der Waals surface area contributed by atoms with E-state index in [1.54, 1.807) is 18.2 Å². The van der Waals surface area contributed by atoms with Crippen LogP contribution in [0.1, 0.15) is 24.8 Å². The molecule has 1 saturated carbocycles. The van der Waals surface area contributed by atoms with Crippen LogP contribution in [0, 0.1) is 0 Å². The van der Waals surface area contributed by atoms with E-state index in [0.717, 1.165) is 0 Å². The summed E-state index contributed by atoms with van der Waals surface area (Å²) < 4.78 is 9.97. The van der Waals surface area contributed by atoms with E-state index in [2.05, 4.69) is 4.74 Å². The number of carbonyl (C=O) groups is 1. The van der Waals surface area contributed by atoms with Gasteiger partial charge >= 0.3 is 5.97 Å². The summed E-state index contributed by atoms with van der Waals surface area (Å²) in [6.07, 6.45) is 0.475. The lowest BCUT2D eigenvalue weighted by molar-refractivity contribution is -0.143. The van der Waals surface area contributed by atoms with Crippen LogP contribution in [0.5, 0.6) is 11.5 Å². The molecule has 1 aliphatic carbocycles. The number of hydrogen-bond acceptors (Lipinski definition) is 5. The van der Waals surface area contributed by atoms with Crippen LogP contribution in [-0.4, -0.2) is 30.3 Å². The monoisotopic (exact) mass is 251 g/mol. The summed E-state index contributed by atoms with van der Waals surface area (Å²) in [6.45, 7) is 2.30. The van der Waals surface area contributed by atoms with Gasteiger partial charge in [0.2, 0.25) is 0 Å². The number of ether oxygens (including phenoxy) is 2. The van der Waals surface area contributed by atoms with Crippen molar-refractivity contribution in [1.82, 2.24) is 0 Å². The average Bonchev–Trinajstić information content (AvgIpc) is 3.05. The Labute approximate surface area is 106 Å². The maximum atomic E-state index is 11.5. The molecule has 2 atom stereocenters. The van der Waals surface area contributed by atoms with Crippen molar-refractivity contribution in [3.05, 3.63) is 23.8 Å². The maximum absolute atomic E-state index is 11.5. The Hall–Kier alpha value is -1.75. The van der Waals surface area contributed by atoms with Crippen molar-refractivity contribution in [1.29, 1.82) is 0 Å². The second-order valence-corrected chi connectivity index (χ2v) is 4.42. The maximum Gasteiger partial charge on any atom is 0.326 e. The number of hydrogen-bond donors (Lipinski definition) is 2. The summed E-state index contributed by atoms with van der Waals surface area (Å²) in [4.78, 5) is 11.5. The highest BCUT2D eigenvalue weighted by molar-refractivity contribution is 5.87. The Morgan fingerprint density at radius 2 is 2.33 bits per heavy atom. The van der Waals surface area contributed by atoms with Gasteiger partial charge in [0.05, 0.1) is 13.7 Å². The average molecular weight is 251 g/mol. The fourth-order valence-corrected chi connectivity index (χ4v) is 2.17. The molecule has 1 fully saturated rings. The number of rotatable bonds is 4. The van der Waals surface area contributed by atoms with Crippen LogP contribution >= 0.6 is 0 Å². The summed E-state index contributed by atoms with van der Waals surface area (Å²) in [6, 6.07) is 5.21. The van der Waals surface area contributed by atoms with Gasteiger partial charge < -0.3 is 20.3 Å². The number of nitrogens with two attached hydrogens (primary N) is 1. The lowest BCUT2D eigenvalue weighted by Gasteiger charge is -2.12. The zero-order valence-electron chi connectivity index (χ0n) is 10.5. The van der Waals surface area contributed by atoms with Gasteiger partial charge in [-0.3, -0.25) is 4.79 Å². The fourth-order valence-electron chi connectivity index (χ4n) is 2.17. The number of aromatic hydroxyl groups is 1. The zero-order chi connectivity index (χ0) is 13.3. The molecule has 1 aromatic carbocycles. The van der Waals surface area contributed by atoms with Gasteiger partial charge in [-0.05, 0) is 19.4 Å². The highest BCUT2D eigenvalue weighted by atomic mass is 16.5. The first-order chi connectivity index (χ1) is 8.54. The molecular weight excluding hydrogens is 234 g/mol. The third kappa shape index (κ3) is 1.90. The largest absolute Gasteiger partial charge is 0.504 e. The van der Waals surface area contributed by atoms with Crippen molar-refractivity contribution in [3.8, 4) is 11.5 Å². The van der Waals surface area contributed by atoms with Gasteiger partial charge in [-0.2, -0.15) is 0 Å². The topological polar surface area (TPSA) is 81.8 Å². The summed E-state index contributed by atoms with van der Waals surface area (Å²) in [5.41, 5.74) is 5.56. The van der Waals surface area contributed by atoms with Crippen LogP contribution in [0.4, 0.5) is 0 Å². The predicted molar refractivity (Wildman–Crippen MR) is 65.6 cm³/mol. The van der Waals surface area contributed by atoms with E-state index in [9.17, 15) is 9.90 Å².